The molecule has 0 amide bonds. The lowest BCUT2D eigenvalue weighted by Crippen LogP contribution is -1.79. The molecule has 0 unspecified atom stereocenters. The van der Waals surface area contributed by atoms with Crippen LogP contribution in [0.1, 0.15) is 5.56 Å². The van der Waals surface area contributed by atoms with Gasteiger partial charge in [0.15, 0.2) is 0 Å². The van der Waals surface area contributed by atoms with Gasteiger partial charge in [-0.3, -0.25) is 0 Å². The van der Waals surface area contributed by atoms with Crippen LogP contribution in [0.3, 0.4) is 0 Å². The first-order chi connectivity index (χ1) is 5.95. The van der Waals surface area contributed by atoms with Crippen LogP contribution in [0.25, 0.3) is 6.08 Å². The minimum Gasteiger partial charge on any atom is -0.152 e. The lowest BCUT2D eigenvalue weighted by atomic mass is 10.1. The van der Waals surface area contributed by atoms with Crippen molar-refractivity contribution >= 4 is 17.4 Å². The van der Waals surface area contributed by atoms with Gasteiger partial charge in [0.25, 0.3) is 0 Å². The van der Waals surface area contributed by atoms with Gasteiger partial charge in [-0.25, -0.2) is 0 Å². The largest absolute Gasteiger partial charge is 0.152 e. The Hall–Kier alpha value is -1.08. The highest BCUT2D eigenvalue weighted by molar-refractivity contribution is 7.08. The Morgan fingerprint density at radius 2 is 2.08 bits per heavy atom. The summed E-state index contributed by atoms with van der Waals surface area (Å²) in [5.41, 5.74) is 1.30. The highest BCUT2D eigenvalue weighted by Gasteiger charge is 1.96. The summed E-state index contributed by atoms with van der Waals surface area (Å²) in [6, 6.07) is 2.13. The van der Waals surface area contributed by atoms with Gasteiger partial charge in [0, 0.05) is 5.92 Å². The molecule has 0 saturated carbocycles. The fraction of sp³-hybridized carbons (Fsp3) is 0.0909. The Morgan fingerprint density at radius 3 is 2.75 bits per heavy atom. The van der Waals surface area contributed by atoms with Crippen molar-refractivity contribution in [2.75, 3.05) is 0 Å². The molecular formula is C11H10S. The van der Waals surface area contributed by atoms with Gasteiger partial charge in [0.05, 0.1) is 0 Å². The molecule has 1 aliphatic carbocycles. The molecule has 1 aromatic rings. The summed E-state index contributed by atoms with van der Waals surface area (Å²) >= 11 is 1.73. The van der Waals surface area contributed by atoms with Crippen LogP contribution < -0.4 is 0 Å². The second-order valence-corrected chi connectivity index (χ2v) is 3.54. The molecule has 0 aromatic carbocycles. The van der Waals surface area contributed by atoms with Gasteiger partial charge < -0.3 is 0 Å². The molecule has 0 bridgehead atoms. The van der Waals surface area contributed by atoms with Gasteiger partial charge in [-0.05, 0) is 22.4 Å². The summed E-state index contributed by atoms with van der Waals surface area (Å²) in [6.45, 7) is 0. The third-order valence-electron chi connectivity index (χ3n) is 1.83. The minimum atomic E-state index is 0.505. The fourth-order valence-electron chi connectivity index (χ4n) is 1.17. The molecule has 0 nitrogen and oxygen atoms in total. The van der Waals surface area contributed by atoms with Crippen molar-refractivity contribution in [3.05, 3.63) is 52.8 Å². The molecular weight excluding hydrogens is 164 g/mol. The molecule has 2 rings (SSSR count). The van der Waals surface area contributed by atoms with Gasteiger partial charge in [0.2, 0.25) is 0 Å². The third kappa shape index (κ3) is 1.74. The highest BCUT2D eigenvalue weighted by Crippen LogP contribution is 2.14. The minimum absolute atomic E-state index is 0.505. The number of thiophene rings is 1. The molecule has 1 aliphatic rings. The van der Waals surface area contributed by atoms with E-state index < -0.39 is 0 Å². The molecule has 60 valence electrons. The Kier molecular flexibility index (Phi) is 2.23. The second-order valence-electron chi connectivity index (χ2n) is 2.76. The molecule has 1 aromatic heterocycles. The van der Waals surface area contributed by atoms with E-state index in [4.69, 9.17) is 0 Å². The summed E-state index contributed by atoms with van der Waals surface area (Å²) in [4.78, 5) is 0. The van der Waals surface area contributed by atoms with Crippen LogP contribution in [0.2, 0.25) is 0 Å². The number of hydrogen-bond acceptors (Lipinski definition) is 1. The molecule has 0 aliphatic heterocycles. The average molecular weight is 174 g/mol. The van der Waals surface area contributed by atoms with Gasteiger partial charge >= 0.3 is 0 Å². The van der Waals surface area contributed by atoms with Crippen molar-refractivity contribution < 1.29 is 0 Å². The second kappa shape index (κ2) is 3.55. The first-order valence-corrected chi connectivity index (χ1v) is 4.95. The van der Waals surface area contributed by atoms with E-state index in [2.05, 4.69) is 53.3 Å². The van der Waals surface area contributed by atoms with E-state index in [0.717, 1.165) is 0 Å². The standard InChI is InChI=1S/C11H10S/c1-2-4-10(3-1)5-6-11-7-8-12-9-11/h1-10H/b6-5+. The maximum atomic E-state index is 2.21. The topological polar surface area (TPSA) is 0 Å². The lowest BCUT2D eigenvalue weighted by Gasteiger charge is -1.93. The van der Waals surface area contributed by atoms with Crippen LogP contribution in [-0.2, 0) is 0 Å². The van der Waals surface area contributed by atoms with E-state index in [1.165, 1.54) is 5.56 Å². The van der Waals surface area contributed by atoms with Gasteiger partial charge in [-0.15, -0.1) is 0 Å². The van der Waals surface area contributed by atoms with E-state index in [0.29, 0.717) is 5.92 Å². The zero-order valence-electron chi connectivity index (χ0n) is 6.68. The summed E-state index contributed by atoms with van der Waals surface area (Å²) in [6.07, 6.45) is 12.9. The fourth-order valence-corrected chi connectivity index (χ4v) is 1.80. The predicted octanol–water partition coefficient (Wildman–Crippen LogP) is 3.50. The Morgan fingerprint density at radius 1 is 1.25 bits per heavy atom. The normalized spacial score (nSPS) is 16.7. The van der Waals surface area contributed by atoms with Crippen molar-refractivity contribution in [2.24, 2.45) is 5.92 Å². The Labute approximate surface area is 76.6 Å². The first-order valence-electron chi connectivity index (χ1n) is 4.00. The van der Waals surface area contributed by atoms with E-state index >= 15 is 0 Å². The van der Waals surface area contributed by atoms with E-state index in [1.54, 1.807) is 11.3 Å². The maximum absolute atomic E-state index is 2.21. The van der Waals surface area contributed by atoms with Crippen LogP contribution >= 0.6 is 11.3 Å². The van der Waals surface area contributed by atoms with Crippen LogP contribution in [0.5, 0.6) is 0 Å². The van der Waals surface area contributed by atoms with Crippen LogP contribution in [0.4, 0.5) is 0 Å². The monoisotopic (exact) mass is 174 g/mol. The SMILES string of the molecule is C1=CC(/C=C/c2ccsc2)C=C1. The number of allylic oxidation sites excluding steroid dienone is 5. The third-order valence-corrected chi connectivity index (χ3v) is 2.53. The molecule has 0 saturated heterocycles. The number of hydrogen-bond donors (Lipinski definition) is 0. The molecule has 0 radical (unpaired) electrons. The number of rotatable bonds is 2. The molecule has 0 spiro atoms. The zero-order valence-corrected chi connectivity index (χ0v) is 7.50. The highest BCUT2D eigenvalue weighted by atomic mass is 32.1. The quantitative estimate of drug-likeness (QED) is 0.643. The summed E-state index contributed by atoms with van der Waals surface area (Å²) in [5.74, 6) is 0.505. The molecule has 1 heterocycles. The Balaban J connectivity index is 2.03. The van der Waals surface area contributed by atoms with E-state index in [9.17, 15) is 0 Å². The Bertz CT molecular complexity index is 303. The van der Waals surface area contributed by atoms with Crippen molar-refractivity contribution in [3.63, 3.8) is 0 Å². The summed E-state index contributed by atoms with van der Waals surface area (Å²) in [7, 11) is 0. The maximum Gasteiger partial charge on any atom is 0.0136 e. The van der Waals surface area contributed by atoms with E-state index in [1.807, 2.05) is 0 Å². The summed E-state index contributed by atoms with van der Waals surface area (Å²) < 4.78 is 0. The smallest absolute Gasteiger partial charge is 0.0136 e. The first kappa shape index (κ1) is 7.56. The van der Waals surface area contributed by atoms with Crippen molar-refractivity contribution in [2.45, 2.75) is 0 Å². The van der Waals surface area contributed by atoms with Crippen molar-refractivity contribution in [1.82, 2.24) is 0 Å². The van der Waals surface area contributed by atoms with Crippen molar-refractivity contribution in [3.8, 4) is 0 Å². The predicted molar refractivity (Wildman–Crippen MR) is 55.1 cm³/mol. The van der Waals surface area contributed by atoms with Gasteiger partial charge in [-0.2, -0.15) is 11.3 Å². The molecule has 0 atom stereocenters. The van der Waals surface area contributed by atoms with Crippen LogP contribution in [-0.4, -0.2) is 0 Å². The van der Waals surface area contributed by atoms with Crippen LogP contribution in [0.15, 0.2) is 47.2 Å². The van der Waals surface area contributed by atoms with Gasteiger partial charge in [0.1, 0.15) is 0 Å². The molecule has 12 heavy (non-hydrogen) atoms. The zero-order chi connectivity index (χ0) is 8.23. The van der Waals surface area contributed by atoms with Gasteiger partial charge in [-0.1, -0.05) is 36.5 Å². The van der Waals surface area contributed by atoms with E-state index in [-0.39, 0.29) is 0 Å². The average Bonchev–Trinajstić information content (AvgIpc) is 2.74. The van der Waals surface area contributed by atoms with Crippen molar-refractivity contribution in [1.29, 1.82) is 0 Å². The molecule has 1 heteroatoms. The molecule has 0 fully saturated rings. The molecule has 0 N–H and O–H groups in total. The van der Waals surface area contributed by atoms with Crippen LogP contribution in [0, 0.1) is 5.92 Å². The lowest BCUT2D eigenvalue weighted by molar-refractivity contribution is 1.10. The summed E-state index contributed by atoms with van der Waals surface area (Å²) in [5, 5.41) is 4.25.